The lowest BCUT2D eigenvalue weighted by molar-refractivity contribution is 0.527. The van der Waals surface area contributed by atoms with Crippen LogP contribution in [0.3, 0.4) is 0 Å². The molecular formula is C7H10OS2. The van der Waals surface area contributed by atoms with Crippen molar-refractivity contribution < 1.29 is 4.42 Å². The third-order valence-corrected chi connectivity index (χ3v) is 2.83. The maximum atomic E-state index is 5.12. The van der Waals surface area contributed by atoms with E-state index in [4.69, 9.17) is 4.42 Å². The van der Waals surface area contributed by atoms with Crippen molar-refractivity contribution in [3.8, 4) is 0 Å². The first-order valence-corrected chi connectivity index (χ1v) is 4.74. The van der Waals surface area contributed by atoms with Crippen LogP contribution in [-0.2, 0) is 0 Å². The first kappa shape index (κ1) is 8.08. The van der Waals surface area contributed by atoms with Crippen LogP contribution < -0.4 is 0 Å². The van der Waals surface area contributed by atoms with Crippen LogP contribution in [0, 0.1) is 6.92 Å². The van der Waals surface area contributed by atoms with Gasteiger partial charge in [-0.15, -0.1) is 11.8 Å². The second kappa shape index (κ2) is 3.98. The lowest BCUT2D eigenvalue weighted by Gasteiger charge is -1.93. The second-order valence-corrected chi connectivity index (χ2v) is 3.50. The number of rotatable bonds is 3. The fraction of sp³-hybridized carbons (Fsp3) is 0.429. The predicted octanol–water partition coefficient (Wildman–Crippen LogP) is 2.61. The number of hydrogen-bond acceptors (Lipinski definition) is 3. The van der Waals surface area contributed by atoms with E-state index in [-0.39, 0.29) is 0 Å². The highest BCUT2D eigenvalue weighted by Gasteiger charge is 1.99. The summed E-state index contributed by atoms with van der Waals surface area (Å²) in [6.45, 7) is 1.97. The molecule has 0 atom stereocenters. The van der Waals surface area contributed by atoms with Crippen LogP contribution >= 0.6 is 24.4 Å². The van der Waals surface area contributed by atoms with Gasteiger partial charge in [-0.25, -0.2) is 0 Å². The number of hydrogen-bond donors (Lipinski definition) is 1. The average molecular weight is 174 g/mol. The third-order valence-electron chi connectivity index (χ3n) is 1.16. The van der Waals surface area contributed by atoms with Crippen LogP contribution in [-0.4, -0.2) is 11.5 Å². The van der Waals surface area contributed by atoms with Crippen LogP contribution in [0.15, 0.2) is 21.6 Å². The summed E-state index contributed by atoms with van der Waals surface area (Å²) in [6.07, 6.45) is 1.72. The van der Waals surface area contributed by atoms with Gasteiger partial charge in [0.05, 0.1) is 6.26 Å². The Morgan fingerprint density at radius 3 is 3.00 bits per heavy atom. The highest BCUT2D eigenvalue weighted by molar-refractivity contribution is 8.00. The molecule has 0 unspecified atom stereocenters. The van der Waals surface area contributed by atoms with Crippen molar-refractivity contribution in [2.75, 3.05) is 11.5 Å². The van der Waals surface area contributed by atoms with Gasteiger partial charge in [-0.2, -0.15) is 12.6 Å². The van der Waals surface area contributed by atoms with Crippen molar-refractivity contribution in [2.24, 2.45) is 0 Å². The predicted molar refractivity (Wildman–Crippen MR) is 48.0 cm³/mol. The van der Waals surface area contributed by atoms with Crippen molar-refractivity contribution in [1.82, 2.24) is 0 Å². The van der Waals surface area contributed by atoms with E-state index in [9.17, 15) is 0 Å². The Balaban J connectivity index is 2.49. The van der Waals surface area contributed by atoms with E-state index in [0.29, 0.717) is 0 Å². The fourth-order valence-corrected chi connectivity index (χ4v) is 1.67. The minimum absolute atomic E-state index is 0.912. The zero-order chi connectivity index (χ0) is 7.40. The summed E-state index contributed by atoms with van der Waals surface area (Å²) in [7, 11) is 0. The molecule has 0 bridgehead atoms. The Kier molecular flexibility index (Phi) is 3.22. The lowest BCUT2D eigenvalue weighted by atomic mass is 10.5. The summed E-state index contributed by atoms with van der Waals surface area (Å²) in [5.41, 5.74) is 0. The van der Waals surface area contributed by atoms with Gasteiger partial charge < -0.3 is 4.42 Å². The minimum atomic E-state index is 0.912. The van der Waals surface area contributed by atoms with Crippen molar-refractivity contribution in [3.05, 3.63) is 18.1 Å². The fourth-order valence-electron chi connectivity index (χ4n) is 0.679. The molecule has 0 spiro atoms. The SMILES string of the molecule is Cc1occc1SCCS. The molecule has 1 heterocycles. The molecule has 1 nitrogen and oxygen atoms in total. The smallest absolute Gasteiger partial charge is 0.114 e. The minimum Gasteiger partial charge on any atom is -0.468 e. The van der Waals surface area contributed by atoms with Gasteiger partial charge in [0.2, 0.25) is 0 Å². The van der Waals surface area contributed by atoms with E-state index in [1.54, 1.807) is 18.0 Å². The van der Waals surface area contributed by atoms with Gasteiger partial charge in [0.1, 0.15) is 5.76 Å². The Morgan fingerprint density at radius 2 is 2.50 bits per heavy atom. The Labute approximate surface area is 70.6 Å². The van der Waals surface area contributed by atoms with E-state index in [2.05, 4.69) is 12.6 Å². The van der Waals surface area contributed by atoms with E-state index in [1.165, 1.54) is 4.90 Å². The summed E-state index contributed by atoms with van der Waals surface area (Å²) >= 11 is 5.90. The standard InChI is InChI=1S/C7H10OS2/c1-6-7(2-3-8-6)10-5-4-9/h2-3,9H,4-5H2,1H3. The number of aryl methyl sites for hydroxylation is 1. The van der Waals surface area contributed by atoms with Gasteiger partial charge in [-0.1, -0.05) is 0 Å². The van der Waals surface area contributed by atoms with Gasteiger partial charge in [0.15, 0.2) is 0 Å². The average Bonchev–Trinajstić information content (AvgIpc) is 2.31. The summed E-state index contributed by atoms with van der Waals surface area (Å²) in [6, 6.07) is 1.99. The van der Waals surface area contributed by atoms with E-state index in [0.717, 1.165) is 17.3 Å². The number of thiol groups is 1. The monoisotopic (exact) mass is 174 g/mol. The van der Waals surface area contributed by atoms with Gasteiger partial charge in [0, 0.05) is 10.6 Å². The maximum absolute atomic E-state index is 5.12. The first-order valence-electron chi connectivity index (χ1n) is 3.12. The summed E-state index contributed by atoms with van der Waals surface area (Å²) in [4.78, 5) is 1.23. The first-order chi connectivity index (χ1) is 4.84. The molecule has 56 valence electrons. The second-order valence-electron chi connectivity index (χ2n) is 1.91. The molecule has 0 amide bonds. The van der Waals surface area contributed by atoms with Gasteiger partial charge in [-0.3, -0.25) is 0 Å². The van der Waals surface area contributed by atoms with Crippen molar-refractivity contribution in [2.45, 2.75) is 11.8 Å². The summed E-state index contributed by atoms with van der Waals surface area (Å²) in [5.74, 6) is 2.96. The molecule has 0 N–H and O–H groups in total. The van der Waals surface area contributed by atoms with Crippen LogP contribution in [0.4, 0.5) is 0 Å². The molecule has 1 aromatic heterocycles. The molecule has 0 aliphatic heterocycles. The molecule has 1 aromatic rings. The number of thioether (sulfide) groups is 1. The van der Waals surface area contributed by atoms with E-state index in [1.807, 2.05) is 13.0 Å². The zero-order valence-electron chi connectivity index (χ0n) is 5.83. The van der Waals surface area contributed by atoms with Crippen molar-refractivity contribution in [3.63, 3.8) is 0 Å². The summed E-state index contributed by atoms with van der Waals surface area (Å²) < 4.78 is 5.12. The van der Waals surface area contributed by atoms with Gasteiger partial charge in [-0.05, 0) is 18.7 Å². The van der Waals surface area contributed by atoms with E-state index >= 15 is 0 Å². The quantitative estimate of drug-likeness (QED) is 0.559. The molecule has 0 fully saturated rings. The van der Waals surface area contributed by atoms with Crippen LogP contribution in [0.1, 0.15) is 5.76 Å². The van der Waals surface area contributed by atoms with Gasteiger partial charge >= 0.3 is 0 Å². The highest BCUT2D eigenvalue weighted by Crippen LogP contribution is 2.22. The molecule has 0 saturated heterocycles. The highest BCUT2D eigenvalue weighted by atomic mass is 32.2. The molecular weight excluding hydrogens is 164 g/mol. The molecule has 1 rings (SSSR count). The molecule has 3 heteroatoms. The lowest BCUT2D eigenvalue weighted by Crippen LogP contribution is -1.78. The van der Waals surface area contributed by atoms with Gasteiger partial charge in [0.25, 0.3) is 0 Å². The summed E-state index contributed by atoms with van der Waals surface area (Å²) in [5, 5.41) is 0. The molecule has 0 aliphatic carbocycles. The Hall–Kier alpha value is -0.0200. The van der Waals surface area contributed by atoms with Crippen LogP contribution in [0.5, 0.6) is 0 Å². The van der Waals surface area contributed by atoms with Crippen molar-refractivity contribution >= 4 is 24.4 Å². The molecule has 0 saturated carbocycles. The van der Waals surface area contributed by atoms with Crippen molar-refractivity contribution in [1.29, 1.82) is 0 Å². The number of furan rings is 1. The van der Waals surface area contributed by atoms with Crippen LogP contribution in [0.25, 0.3) is 0 Å². The third kappa shape index (κ3) is 1.99. The Bertz CT molecular complexity index is 195. The maximum Gasteiger partial charge on any atom is 0.114 e. The van der Waals surface area contributed by atoms with E-state index < -0.39 is 0 Å². The molecule has 10 heavy (non-hydrogen) atoms. The topological polar surface area (TPSA) is 13.1 Å². The Morgan fingerprint density at radius 1 is 1.70 bits per heavy atom. The zero-order valence-corrected chi connectivity index (χ0v) is 7.54. The van der Waals surface area contributed by atoms with Crippen LogP contribution in [0.2, 0.25) is 0 Å². The molecule has 0 aromatic carbocycles. The largest absolute Gasteiger partial charge is 0.468 e. The molecule has 0 radical (unpaired) electrons. The normalized spacial score (nSPS) is 10.2. The molecule has 0 aliphatic rings.